The lowest BCUT2D eigenvalue weighted by Crippen LogP contribution is -1.77. The summed E-state index contributed by atoms with van der Waals surface area (Å²) in [5, 5.41) is 0. The summed E-state index contributed by atoms with van der Waals surface area (Å²) in [7, 11) is 0. The van der Waals surface area contributed by atoms with Crippen LogP contribution in [0.4, 0.5) is 0 Å². The average molecular weight is 134 g/mol. The lowest BCUT2D eigenvalue weighted by Gasteiger charge is -1.99. The molecule has 0 heteroatoms. The van der Waals surface area contributed by atoms with Crippen molar-refractivity contribution in [2.45, 2.75) is 13.3 Å². The molecule has 0 fully saturated rings. The van der Waals surface area contributed by atoms with Crippen molar-refractivity contribution in [3.63, 3.8) is 0 Å². The smallest absolute Gasteiger partial charge is 0.0541 e. The lowest BCUT2D eigenvalue weighted by molar-refractivity contribution is 1.24. The van der Waals surface area contributed by atoms with Crippen molar-refractivity contribution in [2.75, 3.05) is 0 Å². The highest BCUT2D eigenvalue weighted by Gasteiger charge is 1.91. The van der Waals surface area contributed by atoms with Crippen LogP contribution in [-0.2, 0) is 0 Å². The summed E-state index contributed by atoms with van der Waals surface area (Å²) in [4.78, 5) is 0. The number of allylic oxidation sites excluding steroid dienone is 1. The van der Waals surface area contributed by atoms with Gasteiger partial charge in [0.1, 0.15) is 0 Å². The summed E-state index contributed by atoms with van der Waals surface area (Å²) in [6, 6.07) is 9.78. The molecule has 1 aromatic carbocycles. The summed E-state index contributed by atoms with van der Waals surface area (Å²) in [6.45, 7) is 1.68. The fourth-order valence-electron chi connectivity index (χ4n) is 0.797. The third-order valence-electron chi connectivity index (χ3n) is 1.41. The van der Waals surface area contributed by atoms with Gasteiger partial charge < -0.3 is 0 Å². The fourth-order valence-corrected chi connectivity index (χ4v) is 0.797. The van der Waals surface area contributed by atoms with Crippen molar-refractivity contribution in [3.8, 4) is 0 Å². The maximum atomic E-state index is 7.16. The summed E-state index contributed by atoms with van der Waals surface area (Å²) in [5.74, 6) is 0. The van der Waals surface area contributed by atoms with Crippen molar-refractivity contribution in [1.82, 2.24) is 0 Å². The van der Waals surface area contributed by atoms with Gasteiger partial charge in [0.2, 0.25) is 0 Å². The Bertz CT molecular complexity index is 252. The molecule has 0 nitrogen and oxygen atoms in total. The molecule has 0 saturated carbocycles. The van der Waals surface area contributed by atoms with E-state index in [2.05, 4.69) is 0 Å². The molecule has 0 aliphatic rings. The number of rotatable bonds is 2. The Morgan fingerprint density at radius 3 is 3.00 bits per heavy atom. The molecule has 52 valence electrons. The third-order valence-corrected chi connectivity index (χ3v) is 1.41. The van der Waals surface area contributed by atoms with Gasteiger partial charge in [-0.05, 0) is 17.6 Å². The Labute approximate surface area is 65.0 Å². The van der Waals surface area contributed by atoms with E-state index in [9.17, 15) is 0 Å². The van der Waals surface area contributed by atoms with Gasteiger partial charge in [-0.1, -0.05) is 43.8 Å². The van der Waals surface area contributed by atoms with E-state index in [4.69, 9.17) is 2.74 Å². The highest BCUT2D eigenvalue weighted by atomic mass is 14.0. The van der Waals surface area contributed by atoms with Gasteiger partial charge in [0.05, 0.1) is 1.37 Å². The molecule has 0 aliphatic heterocycles. The van der Waals surface area contributed by atoms with E-state index >= 15 is 0 Å². The van der Waals surface area contributed by atoms with Gasteiger partial charge >= 0.3 is 0 Å². The van der Waals surface area contributed by atoms with Crippen LogP contribution in [0.25, 0.3) is 5.57 Å². The predicted molar refractivity (Wildman–Crippen MR) is 45.8 cm³/mol. The van der Waals surface area contributed by atoms with Crippen LogP contribution in [0, 0.1) is 0 Å². The van der Waals surface area contributed by atoms with Crippen molar-refractivity contribution in [2.24, 2.45) is 0 Å². The molecule has 0 unspecified atom stereocenters. The van der Waals surface area contributed by atoms with Crippen LogP contribution in [0.2, 0.25) is 0 Å². The molecule has 0 aliphatic carbocycles. The minimum atomic E-state index is 0.347. The van der Waals surface area contributed by atoms with Crippen LogP contribution >= 0.6 is 0 Å². The maximum Gasteiger partial charge on any atom is 0.0541 e. The standard InChI is InChI=1S/C10H12/c1-3-9(2)10-7-5-4-6-8-10/h4-8H,2-3H2,1H3/i1D,2D. The van der Waals surface area contributed by atoms with Crippen molar-refractivity contribution < 1.29 is 2.74 Å². The van der Waals surface area contributed by atoms with Crippen LogP contribution in [0.5, 0.6) is 0 Å². The lowest BCUT2D eigenvalue weighted by atomic mass is 10.1. The number of benzene rings is 1. The van der Waals surface area contributed by atoms with Crippen LogP contribution in [-0.4, -0.2) is 0 Å². The Hall–Kier alpha value is -1.04. The first-order valence-electron chi connectivity index (χ1n) is 4.59. The molecule has 0 aromatic heterocycles. The molecule has 0 atom stereocenters. The zero-order valence-electron chi connectivity index (χ0n) is 7.88. The molecule has 1 aromatic rings. The Kier molecular flexibility index (Phi) is 1.52. The number of hydrogen-bond acceptors (Lipinski definition) is 0. The van der Waals surface area contributed by atoms with Crippen LogP contribution in [0.3, 0.4) is 0 Å². The van der Waals surface area contributed by atoms with E-state index in [0.717, 1.165) is 11.1 Å². The van der Waals surface area contributed by atoms with Gasteiger partial charge in [0.15, 0.2) is 0 Å². The molecule has 0 amide bonds. The van der Waals surface area contributed by atoms with Gasteiger partial charge in [0.25, 0.3) is 0 Å². The summed E-state index contributed by atoms with van der Waals surface area (Å²) >= 11 is 0. The van der Waals surface area contributed by atoms with Crippen molar-refractivity contribution >= 4 is 5.57 Å². The van der Waals surface area contributed by atoms with E-state index in [-0.39, 0.29) is 0 Å². The minimum absolute atomic E-state index is 0.347. The van der Waals surface area contributed by atoms with Crippen LogP contribution in [0.15, 0.2) is 36.9 Å². The largest absolute Gasteiger partial charge is 0.0952 e. The molecule has 1 rings (SSSR count). The highest BCUT2D eigenvalue weighted by Crippen LogP contribution is 2.13. The normalized spacial score (nSPS) is 14.2. The third kappa shape index (κ3) is 1.47. The highest BCUT2D eigenvalue weighted by molar-refractivity contribution is 5.62. The Balaban J connectivity index is 2.82. The van der Waals surface area contributed by atoms with Crippen LogP contribution < -0.4 is 0 Å². The number of hydrogen-bond donors (Lipinski definition) is 0. The monoisotopic (exact) mass is 134 g/mol. The van der Waals surface area contributed by atoms with E-state index in [1.807, 2.05) is 30.3 Å². The second-order valence-corrected chi connectivity index (χ2v) is 2.14. The van der Waals surface area contributed by atoms with E-state index in [1.165, 1.54) is 6.55 Å². The SMILES string of the molecule is [2H]C=C(CC[2H])c1ccccc1. The fraction of sp³-hybridized carbons (Fsp3) is 0.200. The van der Waals surface area contributed by atoms with Gasteiger partial charge in [-0.25, -0.2) is 0 Å². The van der Waals surface area contributed by atoms with E-state index < -0.39 is 0 Å². The first-order chi connectivity index (χ1) is 5.88. The maximum absolute atomic E-state index is 7.16. The Morgan fingerprint density at radius 1 is 1.60 bits per heavy atom. The molecular formula is C10H12. The average Bonchev–Trinajstić information content (AvgIpc) is 2.15. The van der Waals surface area contributed by atoms with Crippen molar-refractivity contribution in [3.05, 3.63) is 42.5 Å². The van der Waals surface area contributed by atoms with Crippen LogP contribution in [0.1, 0.15) is 21.6 Å². The first-order valence-corrected chi connectivity index (χ1v) is 3.30. The summed E-state index contributed by atoms with van der Waals surface area (Å²) in [6.07, 6.45) is 0.660. The molecule has 0 radical (unpaired) electrons. The molecule has 0 heterocycles. The molecule has 0 spiro atoms. The second kappa shape index (κ2) is 3.21. The summed E-state index contributed by atoms with van der Waals surface area (Å²) in [5.41, 5.74) is 1.99. The molecular weight excluding hydrogens is 120 g/mol. The van der Waals surface area contributed by atoms with Gasteiger partial charge in [-0.15, -0.1) is 0 Å². The molecule has 0 saturated heterocycles. The zero-order valence-corrected chi connectivity index (χ0v) is 5.88. The molecule has 10 heavy (non-hydrogen) atoms. The quantitative estimate of drug-likeness (QED) is 0.583. The summed E-state index contributed by atoms with van der Waals surface area (Å²) < 4.78 is 14.2. The van der Waals surface area contributed by atoms with Crippen molar-refractivity contribution in [1.29, 1.82) is 0 Å². The van der Waals surface area contributed by atoms with E-state index in [0.29, 0.717) is 13.3 Å². The molecule has 0 bridgehead atoms. The minimum Gasteiger partial charge on any atom is -0.0952 e. The zero-order chi connectivity index (χ0) is 8.81. The molecule has 0 N–H and O–H groups in total. The predicted octanol–water partition coefficient (Wildman–Crippen LogP) is 3.11. The first kappa shape index (κ1) is 4.73. The van der Waals surface area contributed by atoms with Gasteiger partial charge in [-0.3, -0.25) is 0 Å². The van der Waals surface area contributed by atoms with Gasteiger partial charge in [-0.2, -0.15) is 0 Å². The second-order valence-electron chi connectivity index (χ2n) is 2.14. The van der Waals surface area contributed by atoms with Gasteiger partial charge in [0, 0.05) is 1.37 Å². The Morgan fingerprint density at radius 2 is 2.40 bits per heavy atom. The van der Waals surface area contributed by atoms with E-state index in [1.54, 1.807) is 0 Å². The topological polar surface area (TPSA) is 0 Å².